The van der Waals surface area contributed by atoms with Crippen molar-refractivity contribution in [3.05, 3.63) is 24.2 Å². The van der Waals surface area contributed by atoms with Crippen LogP contribution in [0.3, 0.4) is 0 Å². The first-order chi connectivity index (χ1) is 6.44. The molecule has 1 rings (SSSR count). The van der Waals surface area contributed by atoms with Gasteiger partial charge in [0.25, 0.3) is 0 Å². The van der Waals surface area contributed by atoms with E-state index in [1.807, 2.05) is 6.07 Å². The Hall–Kier alpha value is -1.29. The average molecular weight is 197 g/mol. The van der Waals surface area contributed by atoms with Crippen molar-refractivity contribution >= 4 is 5.97 Å². The van der Waals surface area contributed by atoms with Crippen molar-refractivity contribution in [1.29, 1.82) is 0 Å². The maximum atomic E-state index is 10.9. The Kier molecular flexibility index (Phi) is 2.96. The highest BCUT2D eigenvalue weighted by Gasteiger charge is 2.31. The van der Waals surface area contributed by atoms with Crippen molar-refractivity contribution in [2.75, 3.05) is 7.05 Å². The standard InChI is InChI=1S/C10H15NO3/c1-10(2,9(12)13)11(3)6-8-4-5-14-7-8/h4-5,7H,6H2,1-3H3,(H,12,13). The van der Waals surface area contributed by atoms with Gasteiger partial charge in [0.2, 0.25) is 0 Å². The second-order valence-electron chi connectivity index (χ2n) is 3.85. The molecule has 0 aromatic carbocycles. The highest BCUT2D eigenvalue weighted by molar-refractivity contribution is 5.77. The van der Waals surface area contributed by atoms with Crippen molar-refractivity contribution in [3.8, 4) is 0 Å². The summed E-state index contributed by atoms with van der Waals surface area (Å²) in [5, 5.41) is 8.98. The Labute approximate surface area is 83.1 Å². The molecular formula is C10H15NO3. The minimum Gasteiger partial charge on any atom is -0.480 e. The van der Waals surface area contributed by atoms with Crippen LogP contribution in [0, 0.1) is 0 Å². The highest BCUT2D eigenvalue weighted by atomic mass is 16.4. The monoisotopic (exact) mass is 197 g/mol. The van der Waals surface area contributed by atoms with Crippen LogP contribution in [0.15, 0.2) is 23.0 Å². The van der Waals surface area contributed by atoms with Gasteiger partial charge in [0.1, 0.15) is 5.54 Å². The number of hydrogen-bond donors (Lipinski definition) is 1. The lowest BCUT2D eigenvalue weighted by atomic mass is 10.0. The highest BCUT2D eigenvalue weighted by Crippen LogP contribution is 2.16. The Morgan fingerprint density at radius 2 is 2.29 bits per heavy atom. The first-order valence-electron chi connectivity index (χ1n) is 4.40. The molecule has 0 bridgehead atoms. The molecule has 78 valence electrons. The molecule has 4 heteroatoms. The Balaban J connectivity index is 2.67. The third-order valence-corrected chi connectivity index (χ3v) is 2.48. The molecule has 1 aromatic heterocycles. The Bertz CT molecular complexity index is 303. The molecule has 0 saturated heterocycles. The molecule has 0 saturated carbocycles. The second-order valence-corrected chi connectivity index (χ2v) is 3.85. The molecule has 14 heavy (non-hydrogen) atoms. The van der Waals surface area contributed by atoms with Crippen LogP contribution in [0.1, 0.15) is 19.4 Å². The van der Waals surface area contributed by atoms with Crippen LogP contribution < -0.4 is 0 Å². The normalized spacial score (nSPS) is 12.0. The van der Waals surface area contributed by atoms with Crippen molar-refractivity contribution in [3.63, 3.8) is 0 Å². The Morgan fingerprint density at radius 3 is 2.71 bits per heavy atom. The molecule has 0 aliphatic heterocycles. The summed E-state index contributed by atoms with van der Waals surface area (Å²) in [6.45, 7) is 3.92. The van der Waals surface area contributed by atoms with Crippen LogP contribution in [0.25, 0.3) is 0 Å². The van der Waals surface area contributed by atoms with Crippen LogP contribution >= 0.6 is 0 Å². The molecule has 0 radical (unpaired) electrons. The summed E-state index contributed by atoms with van der Waals surface area (Å²) in [4.78, 5) is 12.7. The van der Waals surface area contributed by atoms with E-state index in [1.165, 1.54) is 0 Å². The summed E-state index contributed by atoms with van der Waals surface area (Å²) < 4.78 is 4.91. The topological polar surface area (TPSA) is 53.7 Å². The number of likely N-dealkylation sites (N-methyl/N-ethyl adjacent to an activating group) is 1. The summed E-state index contributed by atoms with van der Waals surface area (Å²) in [6.07, 6.45) is 3.20. The van der Waals surface area contributed by atoms with Crippen LogP contribution in [0.2, 0.25) is 0 Å². The fourth-order valence-corrected chi connectivity index (χ4v) is 1.02. The largest absolute Gasteiger partial charge is 0.480 e. The SMILES string of the molecule is CN(Cc1ccoc1)C(C)(C)C(=O)O. The number of hydrogen-bond acceptors (Lipinski definition) is 3. The van der Waals surface area contributed by atoms with Gasteiger partial charge in [0.15, 0.2) is 0 Å². The lowest BCUT2D eigenvalue weighted by molar-refractivity contribution is -0.148. The van der Waals surface area contributed by atoms with Gasteiger partial charge in [-0.3, -0.25) is 9.69 Å². The minimum absolute atomic E-state index is 0.565. The van der Waals surface area contributed by atoms with Gasteiger partial charge in [-0.25, -0.2) is 0 Å². The maximum absolute atomic E-state index is 10.9. The lowest BCUT2D eigenvalue weighted by Crippen LogP contribution is -2.47. The van der Waals surface area contributed by atoms with Crippen molar-refractivity contribution < 1.29 is 14.3 Å². The van der Waals surface area contributed by atoms with E-state index in [-0.39, 0.29) is 0 Å². The van der Waals surface area contributed by atoms with E-state index < -0.39 is 11.5 Å². The van der Waals surface area contributed by atoms with Gasteiger partial charge in [-0.1, -0.05) is 0 Å². The smallest absolute Gasteiger partial charge is 0.323 e. The number of rotatable bonds is 4. The lowest BCUT2D eigenvalue weighted by Gasteiger charge is -2.30. The number of aliphatic carboxylic acids is 1. The van der Waals surface area contributed by atoms with E-state index in [9.17, 15) is 4.79 Å². The first kappa shape index (κ1) is 10.8. The molecular weight excluding hydrogens is 182 g/mol. The number of furan rings is 1. The van der Waals surface area contributed by atoms with E-state index in [4.69, 9.17) is 9.52 Å². The summed E-state index contributed by atoms with van der Waals surface area (Å²) in [7, 11) is 1.78. The third-order valence-electron chi connectivity index (χ3n) is 2.48. The van der Waals surface area contributed by atoms with E-state index in [0.717, 1.165) is 5.56 Å². The van der Waals surface area contributed by atoms with Crippen molar-refractivity contribution in [2.24, 2.45) is 0 Å². The van der Waals surface area contributed by atoms with Gasteiger partial charge >= 0.3 is 5.97 Å². The summed E-state index contributed by atoms with van der Waals surface area (Å²) in [5.74, 6) is -0.830. The summed E-state index contributed by atoms with van der Waals surface area (Å²) in [6, 6.07) is 1.83. The molecule has 0 aliphatic rings. The van der Waals surface area contributed by atoms with E-state index >= 15 is 0 Å². The van der Waals surface area contributed by atoms with Gasteiger partial charge < -0.3 is 9.52 Å². The molecule has 0 spiro atoms. The van der Waals surface area contributed by atoms with E-state index in [2.05, 4.69) is 0 Å². The molecule has 0 amide bonds. The Morgan fingerprint density at radius 1 is 1.64 bits per heavy atom. The molecule has 1 N–H and O–H groups in total. The number of carboxylic acid groups (broad SMARTS) is 1. The number of carbonyl (C=O) groups is 1. The van der Waals surface area contributed by atoms with Gasteiger partial charge in [-0.15, -0.1) is 0 Å². The predicted octanol–water partition coefficient (Wildman–Crippen LogP) is 1.57. The summed E-state index contributed by atoms with van der Waals surface area (Å²) in [5.41, 5.74) is 0.110. The van der Waals surface area contributed by atoms with Gasteiger partial charge in [-0.2, -0.15) is 0 Å². The first-order valence-corrected chi connectivity index (χ1v) is 4.40. The van der Waals surface area contributed by atoms with Gasteiger partial charge in [-0.05, 0) is 27.0 Å². The molecule has 1 heterocycles. The molecule has 0 fully saturated rings. The van der Waals surface area contributed by atoms with E-state index in [0.29, 0.717) is 6.54 Å². The van der Waals surface area contributed by atoms with Crippen LogP contribution in [0.5, 0.6) is 0 Å². The maximum Gasteiger partial charge on any atom is 0.323 e. The minimum atomic E-state index is -0.864. The van der Waals surface area contributed by atoms with Crippen LogP contribution in [0.4, 0.5) is 0 Å². The second kappa shape index (κ2) is 3.84. The molecule has 4 nitrogen and oxygen atoms in total. The van der Waals surface area contributed by atoms with Gasteiger partial charge in [0.05, 0.1) is 12.5 Å². The number of nitrogens with zero attached hydrogens (tertiary/aromatic N) is 1. The average Bonchev–Trinajstić information content (AvgIpc) is 2.56. The molecule has 0 atom stereocenters. The van der Waals surface area contributed by atoms with Gasteiger partial charge in [0, 0.05) is 12.1 Å². The van der Waals surface area contributed by atoms with Crippen LogP contribution in [-0.4, -0.2) is 28.6 Å². The predicted molar refractivity (Wildman–Crippen MR) is 51.9 cm³/mol. The summed E-state index contributed by atoms with van der Waals surface area (Å²) >= 11 is 0. The van der Waals surface area contributed by atoms with E-state index in [1.54, 1.807) is 38.3 Å². The van der Waals surface area contributed by atoms with Crippen molar-refractivity contribution in [2.45, 2.75) is 25.9 Å². The third kappa shape index (κ3) is 2.14. The van der Waals surface area contributed by atoms with Crippen molar-refractivity contribution in [1.82, 2.24) is 4.90 Å². The zero-order chi connectivity index (χ0) is 10.8. The quantitative estimate of drug-likeness (QED) is 0.796. The molecule has 0 aliphatic carbocycles. The fourth-order valence-electron chi connectivity index (χ4n) is 1.02. The molecule has 1 aromatic rings. The fraction of sp³-hybridized carbons (Fsp3) is 0.500. The molecule has 0 unspecified atom stereocenters. The van der Waals surface area contributed by atoms with Crippen LogP contribution in [-0.2, 0) is 11.3 Å². The zero-order valence-corrected chi connectivity index (χ0v) is 8.65. The number of carboxylic acids is 1. The zero-order valence-electron chi connectivity index (χ0n) is 8.65.